The monoisotopic (exact) mass is 265 g/mol. The van der Waals surface area contributed by atoms with Crippen molar-refractivity contribution >= 4 is 0 Å². The Hall–Kier alpha value is -1.09. The number of hydrogen-bond acceptors (Lipinski definition) is 2. The van der Waals surface area contributed by atoms with Gasteiger partial charge in [0.05, 0.1) is 0 Å². The van der Waals surface area contributed by atoms with Crippen molar-refractivity contribution in [3.8, 4) is 5.75 Å². The van der Waals surface area contributed by atoms with E-state index in [0.29, 0.717) is 18.4 Å². The first-order chi connectivity index (χ1) is 8.93. The molecule has 0 bridgehead atoms. The standard InChI is InChI=1S/C16H24FNO/c1-5-9-18(16(2,3)4)13-10-12-7-6-8-14(17)15(12)19-11-13/h6-8,13H,5,9-11H2,1-4H3/t13-/m1/s1. The molecule has 0 radical (unpaired) electrons. The number of benzene rings is 1. The molecule has 0 N–H and O–H groups in total. The van der Waals surface area contributed by atoms with Crippen LogP contribution in [0.5, 0.6) is 5.75 Å². The normalized spacial score (nSPS) is 19.2. The second kappa shape index (κ2) is 5.49. The topological polar surface area (TPSA) is 12.5 Å². The van der Waals surface area contributed by atoms with Crippen LogP contribution in [0.2, 0.25) is 0 Å². The molecule has 0 unspecified atom stereocenters. The van der Waals surface area contributed by atoms with Crippen LogP contribution in [0.4, 0.5) is 4.39 Å². The molecular formula is C16H24FNO. The Morgan fingerprint density at radius 1 is 1.37 bits per heavy atom. The van der Waals surface area contributed by atoms with Crippen molar-refractivity contribution in [1.82, 2.24) is 4.90 Å². The van der Waals surface area contributed by atoms with Gasteiger partial charge < -0.3 is 4.74 Å². The van der Waals surface area contributed by atoms with Crippen LogP contribution in [0.25, 0.3) is 0 Å². The predicted octanol–water partition coefficient (Wildman–Crippen LogP) is 3.64. The fourth-order valence-electron chi connectivity index (χ4n) is 2.87. The minimum absolute atomic E-state index is 0.106. The lowest BCUT2D eigenvalue weighted by Gasteiger charge is -2.43. The first kappa shape index (κ1) is 14.3. The molecule has 19 heavy (non-hydrogen) atoms. The molecule has 0 aliphatic carbocycles. The average molecular weight is 265 g/mol. The molecular weight excluding hydrogens is 241 g/mol. The minimum atomic E-state index is -0.242. The Labute approximate surface area is 115 Å². The minimum Gasteiger partial charge on any atom is -0.489 e. The van der Waals surface area contributed by atoms with Gasteiger partial charge in [-0.1, -0.05) is 19.1 Å². The lowest BCUT2D eigenvalue weighted by atomic mass is 9.96. The number of hydrogen-bond donors (Lipinski definition) is 0. The molecule has 1 atom stereocenters. The largest absolute Gasteiger partial charge is 0.489 e. The summed E-state index contributed by atoms with van der Waals surface area (Å²) in [5, 5.41) is 0. The van der Waals surface area contributed by atoms with Crippen molar-refractivity contribution in [3.05, 3.63) is 29.6 Å². The molecule has 1 heterocycles. The highest BCUT2D eigenvalue weighted by Gasteiger charge is 2.32. The molecule has 0 fully saturated rings. The highest BCUT2D eigenvalue weighted by Crippen LogP contribution is 2.31. The zero-order chi connectivity index (χ0) is 14.0. The van der Waals surface area contributed by atoms with E-state index in [1.165, 1.54) is 6.07 Å². The second-order valence-electron chi connectivity index (χ2n) is 6.26. The van der Waals surface area contributed by atoms with E-state index in [-0.39, 0.29) is 11.4 Å². The highest BCUT2D eigenvalue weighted by atomic mass is 19.1. The highest BCUT2D eigenvalue weighted by molar-refractivity contribution is 5.37. The smallest absolute Gasteiger partial charge is 0.165 e. The Morgan fingerprint density at radius 2 is 2.11 bits per heavy atom. The van der Waals surface area contributed by atoms with E-state index in [4.69, 9.17) is 4.74 Å². The summed E-state index contributed by atoms with van der Waals surface area (Å²) in [5.41, 5.74) is 1.09. The third kappa shape index (κ3) is 3.08. The Balaban J connectivity index is 2.20. The summed E-state index contributed by atoms with van der Waals surface area (Å²) >= 11 is 0. The zero-order valence-corrected chi connectivity index (χ0v) is 12.4. The molecule has 106 valence electrons. The Bertz CT molecular complexity index is 439. The maximum Gasteiger partial charge on any atom is 0.165 e. The van der Waals surface area contributed by atoms with E-state index in [9.17, 15) is 4.39 Å². The molecule has 0 spiro atoms. The molecule has 1 aromatic rings. The molecule has 3 heteroatoms. The molecule has 1 aromatic carbocycles. The maximum atomic E-state index is 13.6. The quantitative estimate of drug-likeness (QED) is 0.827. The number of para-hydroxylation sites is 1. The van der Waals surface area contributed by atoms with Crippen molar-refractivity contribution in [3.63, 3.8) is 0 Å². The predicted molar refractivity (Wildman–Crippen MR) is 76.1 cm³/mol. The van der Waals surface area contributed by atoms with Crippen LogP contribution in [-0.2, 0) is 6.42 Å². The fourth-order valence-corrected chi connectivity index (χ4v) is 2.87. The van der Waals surface area contributed by atoms with E-state index >= 15 is 0 Å². The summed E-state index contributed by atoms with van der Waals surface area (Å²) in [7, 11) is 0. The molecule has 1 aliphatic heterocycles. The van der Waals surface area contributed by atoms with Gasteiger partial charge >= 0.3 is 0 Å². The van der Waals surface area contributed by atoms with Crippen molar-refractivity contribution in [2.75, 3.05) is 13.2 Å². The van der Waals surface area contributed by atoms with Gasteiger partial charge in [0.15, 0.2) is 11.6 Å². The van der Waals surface area contributed by atoms with Crippen LogP contribution in [0.3, 0.4) is 0 Å². The van der Waals surface area contributed by atoms with E-state index in [1.54, 1.807) is 6.07 Å². The molecule has 0 saturated carbocycles. The summed E-state index contributed by atoms with van der Waals surface area (Å²) < 4.78 is 19.3. The van der Waals surface area contributed by atoms with E-state index in [0.717, 1.165) is 24.9 Å². The fraction of sp³-hybridized carbons (Fsp3) is 0.625. The number of rotatable bonds is 3. The number of halogens is 1. The summed E-state index contributed by atoms with van der Waals surface area (Å²) in [6.45, 7) is 10.5. The van der Waals surface area contributed by atoms with Crippen LogP contribution in [0, 0.1) is 5.82 Å². The van der Waals surface area contributed by atoms with Crippen LogP contribution in [-0.4, -0.2) is 29.6 Å². The zero-order valence-electron chi connectivity index (χ0n) is 12.4. The number of ether oxygens (including phenoxy) is 1. The molecule has 0 saturated heterocycles. The third-order valence-corrected chi connectivity index (χ3v) is 3.69. The molecule has 0 amide bonds. The van der Waals surface area contributed by atoms with Crippen molar-refractivity contribution in [2.24, 2.45) is 0 Å². The second-order valence-corrected chi connectivity index (χ2v) is 6.26. The van der Waals surface area contributed by atoms with Gasteiger partial charge in [-0.3, -0.25) is 4.90 Å². The summed E-state index contributed by atoms with van der Waals surface area (Å²) in [6, 6.07) is 5.53. The van der Waals surface area contributed by atoms with Crippen molar-refractivity contribution < 1.29 is 9.13 Å². The maximum absolute atomic E-state index is 13.6. The van der Waals surface area contributed by atoms with Crippen LogP contribution >= 0.6 is 0 Å². The van der Waals surface area contributed by atoms with Gasteiger partial charge in [0.25, 0.3) is 0 Å². The third-order valence-electron chi connectivity index (χ3n) is 3.69. The van der Waals surface area contributed by atoms with Crippen LogP contribution < -0.4 is 4.74 Å². The van der Waals surface area contributed by atoms with Gasteiger partial charge in [0.2, 0.25) is 0 Å². The van der Waals surface area contributed by atoms with Crippen molar-refractivity contribution in [1.29, 1.82) is 0 Å². The van der Waals surface area contributed by atoms with Crippen LogP contribution in [0.1, 0.15) is 39.7 Å². The Kier molecular flexibility index (Phi) is 4.14. The first-order valence-electron chi connectivity index (χ1n) is 7.10. The average Bonchev–Trinajstić information content (AvgIpc) is 2.34. The lowest BCUT2D eigenvalue weighted by Crippen LogP contribution is -2.52. The van der Waals surface area contributed by atoms with Gasteiger partial charge in [-0.25, -0.2) is 4.39 Å². The molecule has 2 rings (SSSR count). The van der Waals surface area contributed by atoms with E-state index in [2.05, 4.69) is 32.6 Å². The van der Waals surface area contributed by atoms with Crippen molar-refractivity contribution in [2.45, 2.75) is 52.1 Å². The van der Waals surface area contributed by atoms with Gasteiger partial charge in [0.1, 0.15) is 6.61 Å². The summed E-state index contributed by atoms with van der Waals surface area (Å²) in [4.78, 5) is 2.47. The first-order valence-corrected chi connectivity index (χ1v) is 7.10. The van der Waals surface area contributed by atoms with E-state index < -0.39 is 0 Å². The molecule has 2 nitrogen and oxygen atoms in total. The van der Waals surface area contributed by atoms with Crippen LogP contribution in [0.15, 0.2) is 18.2 Å². The number of fused-ring (bicyclic) bond motifs is 1. The molecule has 0 aromatic heterocycles. The SMILES string of the molecule is CCCN([C@H]1COc2c(F)cccc2C1)C(C)(C)C. The summed E-state index contributed by atoms with van der Waals surface area (Å²) in [6.07, 6.45) is 1.98. The van der Waals surface area contributed by atoms with E-state index in [1.807, 2.05) is 6.07 Å². The molecule has 1 aliphatic rings. The van der Waals surface area contributed by atoms with Gasteiger partial charge in [-0.05, 0) is 51.8 Å². The van der Waals surface area contributed by atoms with Gasteiger partial charge in [-0.2, -0.15) is 0 Å². The lowest BCUT2D eigenvalue weighted by molar-refractivity contribution is 0.0426. The van der Waals surface area contributed by atoms with Gasteiger partial charge in [0, 0.05) is 11.6 Å². The van der Waals surface area contributed by atoms with Gasteiger partial charge in [-0.15, -0.1) is 0 Å². The number of nitrogens with zero attached hydrogens (tertiary/aromatic N) is 1. The Morgan fingerprint density at radius 3 is 2.74 bits per heavy atom. The summed E-state index contributed by atoms with van der Waals surface area (Å²) in [5.74, 6) is 0.206.